The molecule has 2 amide bonds. The summed E-state index contributed by atoms with van der Waals surface area (Å²) >= 11 is 0. The van der Waals surface area contributed by atoms with Crippen LogP contribution in [0.2, 0.25) is 0 Å². The molecule has 5 rings (SSSR count). The molecule has 0 bridgehead atoms. The summed E-state index contributed by atoms with van der Waals surface area (Å²) in [5, 5.41) is 13.4. The maximum atomic E-state index is 12.2. The molecule has 164 valence electrons. The second-order valence-electron chi connectivity index (χ2n) is 7.27. The van der Waals surface area contributed by atoms with Crippen LogP contribution in [-0.4, -0.2) is 54.0 Å². The standard InChI is InChI=1S/C22H19N9O2/c1-3-17(32)28-16-5-4-11(7-25-16)12-6-13-19(30-31-20(13)26-8-12)21-27-15-10-24-9-14(18(15)29-21)22(33)23-2/h4-10H,3H2,1-2H3,(H,23,33)(H,27,29)(H,25,28,32)(H,26,30,31). The van der Waals surface area contributed by atoms with Gasteiger partial charge in [0.1, 0.15) is 17.0 Å². The molecule has 0 spiro atoms. The Bertz CT molecular complexity index is 1500. The highest BCUT2D eigenvalue weighted by molar-refractivity contribution is 6.05. The van der Waals surface area contributed by atoms with Gasteiger partial charge < -0.3 is 15.6 Å². The number of rotatable bonds is 5. The highest BCUT2D eigenvalue weighted by Crippen LogP contribution is 2.29. The lowest BCUT2D eigenvalue weighted by atomic mass is 10.1. The van der Waals surface area contributed by atoms with E-state index >= 15 is 0 Å². The van der Waals surface area contributed by atoms with E-state index in [-0.39, 0.29) is 11.8 Å². The number of carbonyl (C=O) groups is 2. The first-order valence-corrected chi connectivity index (χ1v) is 10.2. The van der Waals surface area contributed by atoms with Crippen molar-refractivity contribution in [1.82, 2.24) is 40.4 Å². The van der Waals surface area contributed by atoms with Crippen LogP contribution in [0.1, 0.15) is 23.7 Å². The molecule has 0 saturated heterocycles. The third-order valence-corrected chi connectivity index (χ3v) is 5.19. The predicted molar refractivity (Wildman–Crippen MR) is 122 cm³/mol. The molecule has 5 aromatic rings. The van der Waals surface area contributed by atoms with Crippen LogP contribution < -0.4 is 10.6 Å². The van der Waals surface area contributed by atoms with E-state index in [0.29, 0.717) is 46.0 Å². The zero-order valence-electron chi connectivity index (χ0n) is 17.8. The quantitative estimate of drug-likeness (QED) is 0.327. The first-order chi connectivity index (χ1) is 16.1. The van der Waals surface area contributed by atoms with Gasteiger partial charge >= 0.3 is 0 Å². The summed E-state index contributed by atoms with van der Waals surface area (Å²) in [7, 11) is 1.56. The zero-order chi connectivity index (χ0) is 22.9. The van der Waals surface area contributed by atoms with Crippen molar-refractivity contribution in [1.29, 1.82) is 0 Å². The SMILES string of the molecule is CCC(=O)Nc1ccc(-c2cnc3[nH]nc(-c4nc5c(C(=O)NC)cncc5[nH]4)c3c2)cn1. The van der Waals surface area contributed by atoms with Gasteiger partial charge in [0.05, 0.1) is 22.7 Å². The minimum atomic E-state index is -0.270. The molecule has 0 saturated carbocycles. The molecule has 5 heterocycles. The highest BCUT2D eigenvalue weighted by Gasteiger charge is 2.18. The van der Waals surface area contributed by atoms with E-state index in [1.807, 2.05) is 12.1 Å². The zero-order valence-corrected chi connectivity index (χ0v) is 17.8. The summed E-state index contributed by atoms with van der Waals surface area (Å²) in [6, 6.07) is 5.55. The van der Waals surface area contributed by atoms with Gasteiger partial charge in [-0.2, -0.15) is 5.10 Å². The van der Waals surface area contributed by atoms with Gasteiger partial charge in [0.25, 0.3) is 5.91 Å². The van der Waals surface area contributed by atoms with Gasteiger partial charge in [0.2, 0.25) is 5.91 Å². The first-order valence-electron chi connectivity index (χ1n) is 10.2. The average molecular weight is 441 g/mol. The lowest BCUT2D eigenvalue weighted by molar-refractivity contribution is -0.115. The van der Waals surface area contributed by atoms with Gasteiger partial charge in [0, 0.05) is 43.2 Å². The number of hydrogen-bond acceptors (Lipinski definition) is 7. The molecule has 11 heteroatoms. The lowest BCUT2D eigenvalue weighted by Gasteiger charge is -2.05. The van der Waals surface area contributed by atoms with Crippen molar-refractivity contribution >= 4 is 39.7 Å². The molecule has 0 radical (unpaired) electrons. The second kappa shape index (κ2) is 8.11. The normalized spacial score (nSPS) is 11.1. The van der Waals surface area contributed by atoms with E-state index in [1.165, 1.54) is 6.20 Å². The molecule has 0 unspecified atom stereocenters. The third-order valence-electron chi connectivity index (χ3n) is 5.19. The van der Waals surface area contributed by atoms with Crippen LogP contribution in [0.4, 0.5) is 5.82 Å². The average Bonchev–Trinajstić information content (AvgIpc) is 3.47. The summed E-state index contributed by atoms with van der Waals surface area (Å²) in [4.78, 5) is 44.4. The molecular formula is C22H19N9O2. The number of anilines is 1. The molecule has 0 aliphatic heterocycles. The Hall–Kier alpha value is -4.67. The highest BCUT2D eigenvalue weighted by atomic mass is 16.2. The van der Waals surface area contributed by atoms with Gasteiger partial charge in [-0.3, -0.25) is 19.7 Å². The smallest absolute Gasteiger partial charge is 0.254 e. The Kier molecular flexibility index (Phi) is 4.98. The maximum Gasteiger partial charge on any atom is 0.254 e. The summed E-state index contributed by atoms with van der Waals surface area (Å²) < 4.78 is 0. The number of pyridine rings is 3. The number of imidazole rings is 1. The maximum absolute atomic E-state index is 12.2. The largest absolute Gasteiger partial charge is 0.355 e. The minimum absolute atomic E-state index is 0.0954. The number of hydrogen-bond donors (Lipinski definition) is 4. The van der Waals surface area contributed by atoms with Gasteiger partial charge in [-0.25, -0.2) is 15.0 Å². The molecular weight excluding hydrogens is 422 g/mol. The van der Waals surface area contributed by atoms with Gasteiger partial charge in [-0.05, 0) is 18.2 Å². The number of fused-ring (bicyclic) bond motifs is 2. The number of amides is 2. The van der Waals surface area contributed by atoms with Crippen LogP contribution in [0.15, 0.2) is 43.0 Å². The predicted octanol–water partition coefficient (Wildman–Crippen LogP) is 2.67. The van der Waals surface area contributed by atoms with E-state index in [0.717, 1.165) is 16.5 Å². The van der Waals surface area contributed by atoms with Gasteiger partial charge in [0.15, 0.2) is 11.5 Å². The van der Waals surface area contributed by atoms with Gasteiger partial charge in [-0.1, -0.05) is 6.92 Å². The van der Waals surface area contributed by atoms with Crippen molar-refractivity contribution in [3.05, 3.63) is 48.5 Å². The molecule has 0 aliphatic carbocycles. The molecule has 0 aromatic carbocycles. The van der Waals surface area contributed by atoms with Crippen LogP contribution in [0.3, 0.4) is 0 Å². The molecule has 11 nitrogen and oxygen atoms in total. The van der Waals surface area contributed by atoms with Crippen LogP contribution in [0.25, 0.3) is 44.7 Å². The number of aromatic nitrogens is 7. The Morgan fingerprint density at radius 3 is 2.67 bits per heavy atom. The molecule has 0 aliphatic rings. The Morgan fingerprint density at radius 2 is 1.91 bits per heavy atom. The van der Waals surface area contributed by atoms with Gasteiger partial charge in [-0.15, -0.1) is 0 Å². The summed E-state index contributed by atoms with van der Waals surface area (Å²) in [5.41, 5.74) is 4.33. The van der Waals surface area contributed by atoms with E-state index in [1.54, 1.807) is 38.6 Å². The van der Waals surface area contributed by atoms with Crippen molar-refractivity contribution in [2.45, 2.75) is 13.3 Å². The Balaban J connectivity index is 1.54. The number of nitrogens with one attached hydrogen (secondary N) is 4. The summed E-state index contributed by atoms with van der Waals surface area (Å²) in [6.07, 6.45) is 6.87. The number of aromatic amines is 2. The topological polar surface area (TPSA) is 154 Å². The van der Waals surface area contributed by atoms with Crippen LogP contribution in [0, 0.1) is 0 Å². The number of carbonyl (C=O) groups excluding carboxylic acids is 2. The molecule has 5 aromatic heterocycles. The summed E-state index contributed by atoms with van der Waals surface area (Å²) in [5.74, 6) is 0.616. The van der Waals surface area contributed by atoms with E-state index < -0.39 is 0 Å². The fraction of sp³-hybridized carbons (Fsp3) is 0.136. The third kappa shape index (κ3) is 3.65. The number of nitrogens with zero attached hydrogens (tertiary/aromatic N) is 5. The van der Waals surface area contributed by atoms with Crippen molar-refractivity contribution in [2.24, 2.45) is 0 Å². The second-order valence-corrected chi connectivity index (χ2v) is 7.27. The fourth-order valence-corrected chi connectivity index (χ4v) is 3.46. The molecule has 0 fully saturated rings. The van der Waals surface area contributed by atoms with Crippen LogP contribution in [0.5, 0.6) is 0 Å². The van der Waals surface area contributed by atoms with Crippen molar-refractivity contribution in [3.8, 4) is 22.6 Å². The molecule has 0 atom stereocenters. The monoisotopic (exact) mass is 441 g/mol. The van der Waals surface area contributed by atoms with E-state index in [2.05, 4.69) is 45.8 Å². The number of H-pyrrole nitrogens is 2. The Labute approximate surface area is 187 Å². The van der Waals surface area contributed by atoms with Crippen molar-refractivity contribution in [2.75, 3.05) is 12.4 Å². The van der Waals surface area contributed by atoms with Crippen molar-refractivity contribution in [3.63, 3.8) is 0 Å². The van der Waals surface area contributed by atoms with E-state index in [4.69, 9.17) is 0 Å². The molecule has 33 heavy (non-hydrogen) atoms. The molecule has 4 N–H and O–H groups in total. The fourth-order valence-electron chi connectivity index (χ4n) is 3.46. The lowest BCUT2D eigenvalue weighted by Crippen LogP contribution is -2.18. The first kappa shape index (κ1) is 20.2. The minimum Gasteiger partial charge on any atom is -0.355 e. The van der Waals surface area contributed by atoms with E-state index in [9.17, 15) is 9.59 Å². The van der Waals surface area contributed by atoms with Crippen LogP contribution in [-0.2, 0) is 4.79 Å². The Morgan fingerprint density at radius 1 is 1.06 bits per heavy atom. The summed E-state index contributed by atoms with van der Waals surface area (Å²) in [6.45, 7) is 1.78. The van der Waals surface area contributed by atoms with Crippen molar-refractivity contribution < 1.29 is 9.59 Å². The van der Waals surface area contributed by atoms with Crippen LogP contribution >= 0.6 is 0 Å².